The van der Waals surface area contributed by atoms with E-state index in [1.165, 1.54) is 30.1 Å². The third-order valence-corrected chi connectivity index (χ3v) is 4.74. The van der Waals surface area contributed by atoms with Crippen molar-refractivity contribution in [3.63, 3.8) is 0 Å². The van der Waals surface area contributed by atoms with Gasteiger partial charge in [-0.1, -0.05) is 6.07 Å². The number of hydrogen-bond acceptors (Lipinski definition) is 5. The van der Waals surface area contributed by atoms with Crippen molar-refractivity contribution in [3.8, 4) is 5.75 Å². The van der Waals surface area contributed by atoms with Gasteiger partial charge in [-0.3, -0.25) is 4.79 Å². The fraction of sp³-hybridized carbons (Fsp3) is 0.0952. The first kappa shape index (κ1) is 20.1. The van der Waals surface area contributed by atoms with Crippen LogP contribution in [0.5, 0.6) is 5.75 Å². The van der Waals surface area contributed by atoms with E-state index in [9.17, 15) is 23.5 Å². The number of rotatable bonds is 5. The monoisotopic (exact) mass is 426 g/mol. The van der Waals surface area contributed by atoms with Crippen molar-refractivity contribution in [3.05, 3.63) is 83.2 Å². The van der Waals surface area contributed by atoms with Gasteiger partial charge >= 0.3 is 5.97 Å². The zero-order valence-corrected chi connectivity index (χ0v) is 16.1. The molecule has 0 saturated heterocycles. The van der Waals surface area contributed by atoms with Crippen molar-refractivity contribution in [2.75, 3.05) is 17.7 Å². The van der Waals surface area contributed by atoms with E-state index in [0.717, 1.165) is 6.07 Å². The maximum absolute atomic E-state index is 14.4. The SMILES string of the molecule is COc1ccc(NC(=O)c2cnn3c2NC(C(=O)O)=C[C@@H]3c2ccc(F)cc2F)cc1. The number of amides is 1. The Labute approximate surface area is 174 Å². The van der Waals surface area contributed by atoms with Crippen molar-refractivity contribution in [2.24, 2.45) is 0 Å². The molecule has 8 nitrogen and oxygen atoms in total. The molecule has 0 unspecified atom stereocenters. The van der Waals surface area contributed by atoms with Gasteiger partial charge < -0.3 is 20.5 Å². The van der Waals surface area contributed by atoms with Crippen LogP contribution < -0.4 is 15.4 Å². The van der Waals surface area contributed by atoms with E-state index >= 15 is 0 Å². The molecule has 1 aromatic heterocycles. The zero-order chi connectivity index (χ0) is 22.1. The van der Waals surface area contributed by atoms with Crippen LogP contribution >= 0.6 is 0 Å². The van der Waals surface area contributed by atoms with Gasteiger partial charge in [0.1, 0.15) is 40.5 Å². The predicted octanol–water partition coefficient (Wildman–Crippen LogP) is 3.41. The van der Waals surface area contributed by atoms with Crippen LogP contribution in [0.15, 0.2) is 60.4 Å². The largest absolute Gasteiger partial charge is 0.497 e. The highest BCUT2D eigenvalue weighted by molar-refractivity contribution is 6.08. The smallest absolute Gasteiger partial charge is 0.352 e. The summed E-state index contributed by atoms with van der Waals surface area (Å²) in [6.07, 6.45) is 2.48. The van der Waals surface area contributed by atoms with E-state index < -0.39 is 29.6 Å². The first-order chi connectivity index (χ1) is 14.9. The number of fused-ring (bicyclic) bond motifs is 1. The summed E-state index contributed by atoms with van der Waals surface area (Å²) in [6.45, 7) is 0. The lowest BCUT2D eigenvalue weighted by molar-refractivity contribution is -0.132. The minimum atomic E-state index is -1.30. The first-order valence-corrected chi connectivity index (χ1v) is 9.07. The molecule has 3 aromatic rings. The molecule has 3 N–H and O–H groups in total. The molecule has 1 aliphatic rings. The van der Waals surface area contributed by atoms with E-state index in [1.54, 1.807) is 24.3 Å². The molecule has 0 fully saturated rings. The number of ether oxygens (including phenoxy) is 1. The molecule has 10 heteroatoms. The highest BCUT2D eigenvalue weighted by atomic mass is 19.1. The summed E-state index contributed by atoms with van der Waals surface area (Å²) in [4.78, 5) is 24.4. The number of benzene rings is 2. The second kappa shape index (κ2) is 7.90. The molecule has 0 bridgehead atoms. The molecule has 2 aromatic carbocycles. The summed E-state index contributed by atoms with van der Waals surface area (Å²) in [6, 6.07) is 8.59. The Morgan fingerprint density at radius 1 is 1.19 bits per heavy atom. The Bertz CT molecular complexity index is 1200. The van der Waals surface area contributed by atoms with Crippen LogP contribution in [0.2, 0.25) is 0 Å². The van der Waals surface area contributed by atoms with Crippen molar-refractivity contribution >= 4 is 23.4 Å². The summed E-state index contributed by atoms with van der Waals surface area (Å²) in [5.74, 6) is -2.80. The Hall–Kier alpha value is -4.21. The second-order valence-electron chi connectivity index (χ2n) is 6.66. The minimum Gasteiger partial charge on any atom is -0.497 e. The van der Waals surface area contributed by atoms with Gasteiger partial charge in [0, 0.05) is 17.3 Å². The Morgan fingerprint density at radius 2 is 1.94 bits per heavy atom. The van der Waals surface area contributed by atoms with Gasteiger partial charge in [-0.15, -0.1) is 0 Å². The lowest BCUT2D eigenvalue weighted by Gasteiger charge is -2.24. The number of methoxy groups -OCH3 is 1. The lowest BCUT2D eigenvalue weighted by atomic mass is 10.0. The molecule has 0 aliphatic carbocycles. The van der Waals surface area contributed by atoms with Crippen molar-refractivity contribution < 1.29 is 28.2 Å². The van der Waals surface area contributed by atoms with Crippen molar-refractivity contribution in [1.29, 1.82) is 0 Å². The first-order valence-electron chi connectivity index (χ1n) is 9.07. The normalized spacial score (nSPS) is 14.8. The van der Waals surface area contributed by atoms with E-state index in [-0.39, 0.29) is 22.6 Å². The Morgan fingerprint density at radius 3 is 2.58 bits per heavy atom. The number of allylic oxidation sites excluding steroid dienone is 1. The maximum Gasteiger partial charge on any atom is 0.352 e. The number of hydrogen-bond donors (Lipinski definition) is 3. The summed E-state index contributed by atoms with van der Waals surface area (Å²) >= 11 is 0. The standard InChI is InChI=1S/C21H16F2N4O4/c1-31-13-5-3-12(4-6-13)25-20(28)15-10-24-27-18(9-17(21(29)30)26-19(15)27)14-7-2-11(22)8-16(14)23/h2-10,18,26H,1H3,(H,25,28)(H,29,30)/t18-/m1/s1. The van der Waals surface area contributed by atoms with E-state index in [0.29, 0.717) is 17.5 Å². The fourth-order valence-corrected chi connectivity index (χ4v) is 3.22. The minimum absolute atomic E-state index is 0.00751. The number of carbonyl (C=O) groups excluding carboxylic acids is 1. The highest BCUT2D eigenvalue weighted by Gasteiger charge is 2.30. The molecule has 0 saturated carbocycles. The number of nitrogens with one attached hydrogen (secondary N) is 2. The summed E-state index contributed by atoms with van der Waals surface area (Å²) < 4.78 is 34.1. The molecule has 1 amide bonds. The molecule has 0 radical (unpaired) electrons. The molecule has 0 spiro atoms. The number of anilines is 2. The molecule has 31 heavy (non-hydrogen) atoms. The summed E-state index contributed by atoms with van der Waals surface area (Å²) in [5.41, 5.74) is 0.278. The van der Waals surface area contributed by atoms with Crippen LogP contribution in [-0.4, -0.2) is 33.9 Å². The van der Waals surface area contributed by atoms with Gasteiger partial charge in [0.2, 0.25) is 0 Å². The van der Waals surface area contributed by atoms with E-state index in [2.05, 4.69) is 15.7 Å². The number of aliphatic carboxylic acids is 1. The topological polar surface area (TPSA) is 105 Å². The second-order valence-corrected chi connectivity index (χ2v) is 6.66. The van der Waals surface area contributed by atoms with Gasteiger partial charge in [-0.2, -0.15) is 5.10 Å². The van der Waals surface area contributed by atoms with Crippen LogP contribution in [0.25, 0.3) is 0 Å². The van der Waals surface area contributed by atoms with Crippen LogP contribution in [-0.2, 0) is 4.79 Å². The molecular formula is C21H16F2N4O4. The molecular weight excluding hydrogens is 410 g/mol. The van der Waals surface area contributed by atoms with Gasteiger partial charge in [-0.25, -0.2) is 18.3 Å². The quantitative estimate of drug-likeness (QED) is 0.578. The fourth-order valence-electron chi connectivity index (χ4n) is 3.22. The number of carboxylic acids is 1. The van der Waals surface area contributed by atoms with Gasteiger partial charge in [0.05, 0.1) is 13.3 Å². The zero-order valence-electron chi connectivity index (χ0n) is 16.1. The highest BCUT2D eigenvalue weighted by Crippen LogP contribution is 2.33. The third-order valence-electron chi connectivity index (χ3n) is 4.74. The van der Waals surface area contributed by atoms with Gasteiger partial charge in [-0.05, 0) is 36.4 Å². The lowest BCUT2D eigenvalue weighted by Crippen LogP contribution is -2.26. The number of aromatic nitrogens is 2. The number of carboxylic acid groups (broad SMARTS) is 1. The van der Waals surface area contributed by atoms with Crippen LogP contribution in [0.1, 0.15) is 22.0 Å². The Kier molecular flexibility index (Phi) is 5.12. The van der Waals surface area contributed by atoms with Crippen LogP contribution in [0, 0.1) is 11.6 Å². The maximum atomic E-state index is 14.4. The van der Waals surface area contributed by atoms with E-state index in [1.807, 2.05) is 0 Å². The molecule has 1 atom stereocenters. The predicted molar refractivity (Wildman–Crippen MR) is 107 cm³/mol. The summed E-state index contributed by atoms with van der Waals surface area (Å²) in [5, 5.41) is 18.9. The average molecular weight is 426 g/mol. The third kappa shape index (κ3) is 3.82. The summed E-state index contributed by atoms with van der Waals surface area (Å²) in [7, 11) is 1.52. The average Bonchev–Trinajstić information content (AvgIpc) is 3.18. The van der Waals surface area contributed by atoms with E-state index in [4.69, 9.17) is 4.74 Å². The number of carbonyl (C=O) groups is 2. The Balaban J connectivity index is 1.71. The molecule has 4 rings (SSSR count). The van der Waals surface area contributed by atoms with Crippen molar-refractivity contribution in [1.82, 2.24) is 9.78 Å². The molecule has 158 valence electrons. The molecule has 2 heterocycles. The number of nitrogens with zero attached hydrogens (tertiary/aromatic N) is 2. The molecule has 1 aliphatic heterocycles. The van der Waals surface area contributed by atoms with Crippen LogP contribution in [0.4, 0.5) is 20.3 Å². The van der Waals surface area contributed by atoms with Gasteiger partial charge in [0.25, 0.3) is 5.91 Å². The van der Waals surface area contributed by atoms with Crippen molar-refractivity contribution in [2.45, 2.75) is 6.04 Å². The van der Waals surface area contributed by atoms with Gasteiger partial charge in [0.15, 0.2) is 0 Å². The number of halogens is 2. The van der Waals surface area contributed by atoms with Crippen LogP contribution in [0.3, 0.4) is 0 Å².